The second-order valence-corrected chi connectivity index (χ2v) is 8.23. The maximum Gasteiger partial charge on any atom is 0.232 e. The average molecular weight is 436 g/mol. The molecule has 0 unspecified atom stereocenters. The summed E-state index contributed by atoms with van der Waals surface area (Å²) in [6, 6.07) is 9.24. The van der Waals surface area contributed by atoms with Gasteiger partial charge in [0.2, 0.25) is 5.91 Å². The van der Waals surface area contributed by atoms with E-state index in [9.17, 15) is 9.59 Å². The Kier molecular flexibility index (Phi) is 7.69. The van der Waals surface area contributed by atoms with Crippen LogP contribution in [-0.4, -0.2) is 62.5 Å². The summed E-state index contributed by atoms with van der Waals surface area (Å²) >= 11 is 1.40. The number of amides is 1. The predicted octanol–water partition coefficient (Wildman–Crippen LogP) is 2.13. The van der Waals surface area contributed by atoms with Gasteiger partial charge in [-0.3, -0.25) is 9.59 Å². The van der Waals surface area contributed by atoms with Crippen LogP contribution in [0.5, 0.6) is 0 Å². The second-order valence-electron chi connectivity index (χ2n) is 7.24. The number of carbonyl (C=O) groups excluding carboxylic acids is 2. The van der Waals surface area contributed by atoms with Gasteiger partial charge in [-0.1, -0.05) is 30.3 Å². The normalized spacial score (nSPS) is 16.8. The third kappa shape index (κ3) is 5.18. The fourth-order valence-corrected chi connectivity index (χ4v) is 4.64. The highest BCUT2D eigenvalue weighted by Gasteiger charge is 2.28. The Bertz CT molecular complexity index is 837. The van der Waals surface area contributed by atoms with Crippen molar-refractivity contribution < 1.29 is 9.59 Å². The molecule has 0 saturated carbocycles. The molecule has 2 aliphatic rings. The fraction of sp³-hybridized carbons (Fsp3) is 0.500. The zero-order valence-electron chi connectivity index (χ0n) is 16.2. The molecule has 156 valence electrons. The van der Waals surface area contributed by atoms with E-state index in [2.05, 4.69) is 20.1 Å². The molecule has 1 fully saturated rings. The van der Waals surface area contributed by atoms with Crippen molar-refractivity contribution in [1.82, 2.24) is 25.0 Å². The van der Waals surface area contributed by atoms with E-state index in [0.29, 0.717) is 23.0 Å². The van der Waals surface area contributed by atoms with Crippen molar-refractivity contribution in [2.45, 2.75) is 31.8 Å². The first-order chi connectivity index (χ1) is 13.7. The van der Waals surface area contributed by atoms with Crippen LogP contribution in [0.1, 0.15) is 40.8 Å². The number of nitrogens with one attached hydrogen (secondary N) is 1. The van der Waals surface area contributed by atoms with Gasteiger partial charge in [0.15, 0.2) is 5.78 Å². The van der Waals surface area contributed by atoms with E-state index < -0.39 is 0 Å². The zero-order chi connectivity index (χ0) is 19.3. The summed E-state index contributed by atoms with van der Waals surface area (Å²) < 4.78 is 2.24. The lowest BCUT2D eigenvalue weighted by Gasteiger charge is -2.32. The van der Waals surface area contributed by atoms with E-state index in [1.165, 1.54) is 11.8 Å². The number of fused-ring (bicyclic) bond motifs is 1. The van der Waals surface area contributed by atoms with E-state index in [-0.39, 0.29) is 24.1 Å². The van der Waals surface area contributed by atoms with Gasteiger partial charge in [-0.2, -0.15) is 0 Å². The molecule has 29 heavy (non-hydrogen) atoms. The van der Waals surface area contributed by atoms with Crippen molar-refractivity contribution in [3.63, 3.8) is 0 Å². The van der Waals surface area contributed by atoms with E-state index in [1.54, 1.807) is 0 Å². The number of thioether (sulfide) groups is 1. The van der Waals surface area contributed by atoms with Crippen LogP contribution in [-0.2, 0) is 17.9 Å². The molecule has 0 radical (unpaired) electrons. The lowest BCUT2D eigenvalue weighted by atomic mass is 9.95. The number of nitrogens with zero attached hydrogens (tertiary/aromatic N) is 4. The number of Topliss-reactive ketones (excluding diaryl/α,β-unsaturated/α-hetero) is 1. The molecule has 0 aliphatic carbocycles. The molecule has 1 saturated heterocycles. The first kappa shape index (κ1) is 21.8. The summed E-state index contributed by atoms with van der Waals surface area (Å²) in [5, 5.41) is 12.0. The third-order valence-corrected chi connectivity index (χ3v) is 6.34. The number of benzene rings is 1. The van der Waals surface area contributed by atoms with Crippen molar-refractivity contribution in [3.8, 4) is 0 Å². The van der Waals surface area contributed by atoms with Crippen LogP contribution in [0.4, 0.5) is 0 Å². The standard InChI is InChI=1S/C20H25N5O2S.ClH/c26-17(15-4-2-1-3-5-15)13-28-14-19(27)24-9-6-16(7-10-24)20-23-22-18-12-21-8-11-25(18)20;/h1-5,16,21H,6-14H2;1H. The molecule has 1 aromatic carbocycles. The van der Waals surface area contributed by atoms with E-state index in [4.69, 9.17) is 0 Å². The number of aromatic nitrogens is 3. The monoisotopic (exact) mass is 435 g/mol. The minimum Gasteiger partial charge on any atom is -0.342 e. The van der Waals surface area contributed by atoms with Crippen molar-refractivity contribution >= 4 is 35.9 Å². The molecule has 1 aromatic heterocycles. The minimum absolute atomic E-state index is 0. The van der Waals surface area contributed by atoms with Gasteiger partial charge in [0, 0.05) is 37.7 Å². The van der Waals surface area contributed by atoms with Crippen molar-refractivity contribution in [2.75, 3.05) is 31.1 Å². The number of halogens is 1. The summed E-state index contributed by atoms with van der Waals surface area (Å²) in [6.07, 6.45) is 1.84. The van der Waals surface area contributed by atoms with Crippen molar-refractivity contribution in [2.24, 2.45) is 0 Å². The Morgan fingerprint density at radius 1 is 1.07 bits per heavy atom. The van der Waals surface area contributed by atoms with Gasteiger partial charge in [-0.25, -0.2) is 0 Å². The highest BCUT2D eigenvalue weighted by atomic mass is 35.5. The molecule has 4 rings (SSSR count). The van der Waals surface area contributed by atoms with Gasteiger partial charge in [-0.05, 0) is 12.8 Å². The molecule has 1 amide bonds. The lowest BCUT2D eigenvalue weighted by Crippen LogP contribution is -2.40. The Labute approximate surface area is 181 Å². The Hall–Kier alpha value is -1.90. The van der Waals surface area contributed by atoms with Crippen LogP contribution in [0.25, 0.3) is 0 Å². The molecule has 2 aliphatic heterocycles. The van der Waals surface area contributed by atoms with E-state index >= 15 is 0 Å². The van der Waals surface area contributed by atoms with Gasteiger partial charge in [0.25, 0.3) is 0 Å². The largest absolute Gasteiger partial charge is 0.342 e. The number of ketones is 1. The van der Waals surface area contributed by atoms with Crippen LogP contribution in [0.15, 0.2) is 30.3 Å². The van der Waals surface area contributed by atoms with Crippen molar-refractivity contribution in [3.05, 3.63) is 47.5 Å². The summed E-state index contributed by atoms with van der Waals surface area (Å²) in [4.78, 5) is 26.5. The van der Waals surface area contributed by atoms with Gasteiger partial charge in [-0.15, -0.1) is 34.4 Å². The first-order valence-corrected chi connectivity index (χ1v) is 10.9. The average Bonchev–Trinajstić information content (AvgIpc) is 3.18. The molecule has 9 heteroatoms. The summed E-state index contributed by atoms with van der Waals surface area (Å²) in [6.45, 7) is 4.15. The van der Waals surface area contributed by atoms with Gasteiger partial charge >= 0.3 is 0 Å². The second kappa shape index (κ2) is 10.2. The minimum atomic E-state index is 0. The summed E-state index contributed by atoms with van der Waals surface area (Å²) in [7, 11) is 0. The van der Waals surface area contributed by atoms with Gasteiger partial charge in [0.05, 0.1) is 18.1 Å². The van der Waals surface area contributed by atoms with E-state index in [0.717, 1.165) is 57.2 Å². The topological polar surface area (TPSA) is 80.1 Å². The maximum atomic E-state index is 12.5. The quantitative estimate of drug-likeness (QED) is 0.700. The zero-order valence-corrected chi connectivity index (χ0v) is 17.9. The number of hydrogen-bond acceptors (Lipinski definition) is 6. The number of hydrogen-bond donors (Lipinski definition) is 1. The molecule has 0 bridgehead atoms. The molecule has 2 aromatic rings. The Morgan fingerprint density at radius 3 is 2.59 bits per heavy atom. The number of likely N-dealkylation sites (tertiary alicyclic amines) is 1. The van der Waals surface area contributed by atoms with Crippen LogP contribution in [0.2, 0.25) is 0 Å². The Balaban J connectivity index is 0.00000240. The van der Waals surface area contributed by atoms with Crippen LogP contribution < -0.4 is 5.32 Å². The summed E-state index contributed by atoms with van der Waals surface area (Å²) in [5.74, 6) is 3.35. The molecule has 7 nitrogen and oxygen atoms in total. The molecule has 0 atom stereocenters. The lowest BCUT2D eigenvalue weighted by molar-refractivity contribution is -0.129. The molecular formula is C20H26ClN5O2S. The molecule has 0 spiro atoms. The van der Waals surface area contributed by atoms with E-state index in [1.807, 2.05) is 35.2 Å². The van der Waals surface area contributed by atoms with Crippen LogP contribution >= 0.6 is 24.2 Å². The molecule has 3 heterocycles. The highest BCUT2D eigenvalue weighted by Crippen LogP contribution is 2.28. The number of piperidine rings is 1. The van der Waals surface area contributed by atoms with Crippen LogP contribution in [0.3, 0.4) is 0 Å². The van der Waals surface area contributed by atoms with Crippen LogP contribution in [0, 0.1) is 0 Å². The number of rotatable bonds is 6. The first-order valence-electron chi connectivity index (χ1n) is 9.79. The maximum absolute atomic E-state index is 12.5. The summed E-state index contributed by atoms with van der Waals surface area (Å²) in [5.41, 5.74) is 0.704. The molecule has 1 N–H and O–H groups in total. The van der Waals surface area contributed by atoms with Gasteiger partial charge < -0.3 is 14.8 Å². The smallest absolute Gasteiger partial charge is 0.232 e. The van der Waals surface area contributed by atoms with Gasteiger partial charge in [0.1, 0.15) is 11.6 Å². The molecular weight excluding hydrogens is 410 g/mol. The SMILES string of the molecule is Cl.O=C(CSCC(=O)N1CCC(c2nnc3n2CCNC3)CC1)c1ccccc1. The fourth-order valence-electron chi connectivity index (χ4n) is 3.83. The third-order valence-electron chi connectivity index (χ3n) is 5.42. The van der Waals surface area contributed by atoms with Crippen molar-refractivity contribution in [1.29, 1.82) is 0 Å². The predicted molar refractivity (Wildman–Crippen MR) is 116 cm³/mol. The highest BCUT2D eigenvalue weighted by molar-refractivity contribution is 8.00. The Morgan fingerprint density at radius 2 is 1.83 bits per heavy atom. The number of carbonyl (C=O) groups is 2.